The molecule has 1 aromatic carbocycles. The molecule has 1 saturated heterocycles. The molecule has 1 aromatic heterocycles. The average Bonchev–Trinajstić information content (AvgIpc) is 3.20. The first-order valence-corrected chi connectivity index (χ1v) is 10.6. The largest absolute Gasteiger partial charge is 0.369 e. The van der Waals surface area contributed by atoms with Crippen molar-refractivity contribution in [2.75, 3.05) is 24.5 Å². The smallest absolute Gasteiger partial charge is 0.191 e. The Balaban J connectivity index is 0.00000261. The van der Waals surface area contributed by atoms with Gasteiger partial charge in [-0.3, -0.25) is 0 Å². The van der Waals surface area contributed by atoms with Crippen LogP contribution in [-0.4, -0.2) is 36.6 Å². The zero-order chi connectivity index (χ0) is 18.5. The van der Waals surface area contributed by atoms with Crippen LogP contribution in [0.2, 0.25) is 0 Å². The second-order valence-electron chi connectivity index (χ2n) is 6.50. The van der Waals surface area contributed by atoms with Gasteiger partial charge in [0.15, 0.2) is 5.96 Å². The Kier molecular flexibility index (Phi) is 8.81. The fourth-order valence-electron chi connectivity index (χ4n) is 3.03. The molecular formula is C19H27BrIN5S. The molecule has 1 aliphatic rings. The Morgan fingerprint density at radius 2 is 2.07 bits per heavy atom. The minimum Gasteiger partial charge on any atom is -0.369 e. The summed E-state index contributed by atoms with van der Waals surface area (Å²) in [6.07, 6.45) is 1.11. The Hall–Kier alpha value is -0.870. The number of aliphatic imine (C=N–C) groups is 1. The summed E-state index contributed by atoms with van der Waals surface area (Å²) in [6, 6.07) is 8.92. The molecule has 1 aliphatic heterocycles. The van der Waals surface area contributed by atoms with Gasteiger partial charge >= 0.3 is 0 Å². The molecule has 2 heterocycles. The van der Waals surface area contributed by atoms with Crippen molar-refractivity contribution in [2.45, 2.75) is 39.8 Å². The SMILES string of the molecule is CCNC(=NCc1nc(C)c(C)s1)NC1CCN(c2ccc(Br)cc2)C1.I. The molecule has 3 rings (SSSR count). The lowest BCUT2D eigenvalue weighted by molar-refractivity contribution is 0.649. The van der Waals surface area contributed by atoms with E-state index in [1.807, 2.05) is 0 Å². The molecule has 0 spiro atoms. The van der Waals surface area contributed by atoms with Gasteiger partial charge in [-0.2, -0.15) is 0 Å². The minimum absolute atomic E-state index is 0. The first-order valence-electron chi connectivity index (χ1n) is 9.03. The van der Waals surface area contributed by atoms with E-state index in [-0.39, 0.29) is 24.0 Å². The van der Waals surface area contributed by atoms with Gasteiger partial charge in [0, 0.05) is 40.7 Å². The quantitative estimate of drug-likeness (QED) is 0.320. The molecule has 2 N–H and O–H groups in total. The molecule has 5 nitrogen and oxygen atoms in total. The van der Waals surface area contributed by atoms with Gasteiger partial charge in [-0.25, -0.2) is 9.98 Å². The van der Waals surface area contributed by atoms with Crippen molar-refractivity contribution in [3.63, 3.8) is 0 Å². The number of thiazole rings is 1. The number of rotatable bonds is 5. The highest BCUT2D eigenvalue weighted by Crippen LogP contribution is 2.22. The maximum absolute atomic E-state index is 4.73. The molecule has 1 atom stereocenters. The first-order chi connectivity index (χ1) is 12.5. The highest BCUT2D eigenvalue weighted by molar-refractivity contribution is 14.0. The summed E-state index contributed by atoms with van der Waals surface area (Å²) in [5, 5.41) is 8.01. The van der Waals surface area contributed by atoms with E-state index in [0.29, 0.717) is 12.6 Å². The zero-order valence-corrected chi connectivity index (χ0v) is 20.7. The summed E-state index contributed by atoms with van der Waals surface area (Å²) >= 11 is 5.23. The first kappa shape index (κ1) is 22.4. The van der Waals surface area contributed by atoms with Crippen molar-refractivity contribution in [2.24, 2.45) is 4.99 Å². The number of aromatic nitrogens is 1. The predicted octanol–water partition coefficient (Wildman–Crippen LogP) is 4.47. The van der Waals surface area contributed by atoms with E-state index in [0.717, 1.165) is 47.2 Å². The van der Waals surface area contributed by atoms with Crippen LogP contribution < -0.4 is 15.5 Å². The number of benzene rings is 1. The van der Waals surface area contributed by atoms with E-state index in [4.69, 9.17) is 4.99 Å². The van der Waals surface area contributed by atoms with Gasteiger partial charge in [-0.1, -0.05) is 15.9 Å². The molecule has 1 fully saturated rings. The van der Waals surface area contributed by atoms with Crippen LogP contribution in [-0.2, 0) is 6.54 Å². The number of guanidine groups is 1. The van der Waals surface area contributed by atoms with Crippen LogP contribution in [0.15, 0.2) is 33.7 Å². The number of nitrogens with one attached hydrogen (secondary N) is 2. The molecule has 2 aromatic rings. The highest BCUT2D eigenvalue weighted by atomic mass is 127. The molecule has 1 unspecified atom stereocenters. The Bertz CT molecular complexity index is 742. The van der Waals surface area contributed by atoms with Crippen molar-refractivity contribution in [1.29, 1.82) is 0 Å². The Morgan fingerprint density at radius 3 is 2.70 bits per heavy atom. The second kappa shape index (κ2) is 10.6. The number of anilines is 1. The second-order valence-corrected chi connectivity index (χ2v) is 8.70. The summed E-state index contributed by atoms with van der Waals surface area (Å²) in [6.45, 7) is 9.78. The predicted molar refractivity (Wildman–Crippen MR) is 130 cm³/mol. The molecule has 8 heteroatoms. The molecule has 0 amide bonds. The highest BCUT2D eigenvalue weighted by Gasteiger charge is 2.23. The number of nitrogens with zero attached hydrogens (tertiary/aromatic N) is 3. The third kappa shape index (κ3) is 6.32. The maximum Gasteiger partial charge on any atom is 0.191 e. The van der Waals surface area contributed by atoms with Crippen LogP contribution in [0.1, 0.15) is 28.9 Å². The molecule has 0 saturated carbocycles. The van der Waals surface area contributed by atoms with Crippen molar-refractivity contribution < 1.29 is 0 Å². The zero-order valence-electron chi connectivity index (χ0n) is 16.0. The standard InChI is InChI=1S/C19H26BrN5S.HI/c1-4-21-19(22-11-18-23-13(2)14(3)26-18)24-16-9-10-25(12-16)17-7-5-15(20)6-8-17;/h5-8,16H,4,9-12H2,1-3H3,(H2,21,22,24);1H. The molecule has 0 aliphatic carbocycles. The molecule has 148 valence electrons. The van der Waals surface area contributed by atoms with Crippen LogP contribution >= 0.6 is 51.2 Å². The summed E-state index contributed by atoms with van der Waals surface area (Å²) in [5.41, 5.74) is 2.38. The van der Waals surface area contributed by atoms with Gasteiger partial charge in [-0.05, 0) is 51.5 Å². The van der Waals surface area contributed by atoms with Crippen molar-refractivity contribution >= 4 is 62.9 Å². The van der Waals surface area contributed by atoms with E-state index in [1.165, 1.54) is 10.6 Å². The third-order valence-electron chi connectivity index (χ3n) is 4.51. The van der Waals surface area contributed by atoms with Gasteiger partial charge in [0.1, 0.15) is 5.01 Å². The van der Waals surface area contributed by atoms with E-state index < -0.39 is 0 Å². The van der Waals surface area contributed by atoms with E-state index >= 15 is 0 Å². The minimum atomic E-state index is 0. The molecule has 0 radical (unpaired) electrons. The van der Waals surface area contributed by atoms with Crippen LogP contribution in [0.3, 0.4) is 0 Å². The summed E-state index contributed by atoms with van der Waals surface area (Å²) in [7, 11) is 0. The normalized spacial score (nSPS) is 17.0. The fraction of sp³-hybridized carbons (Fsp3) is 0.474. The van der Waals surface area contributed by atoms with Gasteiger partial charge < -0.3 is 15.5 Å². The number of hydrogen-bond donors (Lipinski definition) is 2. The maximum atomic E-state index is 4.73. The molecule has 27 heavy (non-hydrogen) atoms. The monoisotopic (exact) mass is 563 g/mol. The lowest BCUT2D eigenvalue weighted by Gasteiger charge is -2.20. The van der Waals surface area contributed by atoms with Crippen LogP contribution in [0.4, 0.5) is 5.69 Å². The van der Waals surface area contributed by atoms with E-state index in [1.54, 1.807) is 11.3 Å². The summed E-state index contributed by atoms with van der Waals surface area (Å²) < 4.78 is 1.12. The van der Waals surface area contributed by atoms with Gasteiger partial charge in [0.05, 0.1) is 12.2 Å². The molecule has 0 bridgehead atoms. The Morgan fingerprint density at radius 1 is 1.33 bits per heavy atom. The van der Waals surface area contributed by atoms with Crippen LogP contribution in [0.25, 0.3) is 0 Å². The lowest BCUT2D eigenvalue weighted by atomic mass is 10.3. The van der Waals surface area contributed by atoms with Crippen molar-refractivity contribution in [1.82, 2.24) is 15.6 Å². The average molecular weight is 564 g/mol. The fourth-order valence-corrected chi connectivity index (χ4v) is 4.15. The van der Waals surface area contributed by atoms with Crippen molar-refractivity contribution in [3.05, 3.63) is 44.3 Å². The summed E-state index contributed by atoms with van der Waals surface area (Å²) in [5.74, 6) is 0.876. The van der Waals surface area contributed by atoms with Crippen molar-refractivity contribution in [3.8, 4) is 0 Å². The molecular weight excluding hydrogens is 537 g/mol. The van der Waals surface area contributed by atoms with Gasteiger partial charge in [0.2, 0.25) is 0 Å². The van der Waals surface area contributed by atoms with Crippen LogP contribution in [0, 0.1) is 13.8 Å². The lowest BCUT2D eigenvalue weighted by Crippen LogP contribution is -2.44. The number of halogens is 2. The summed E-state index contributed by atoms with van der Waals surface area (Å²) in [4.78, 5) is 13.0. The van der Waals surface area contributed by atoms with E-state index in [9.17, 15) is 0 Å². The Labute approximate surface area is 191 Å². The van der Waals surface area contributed by atoms with Gasteiger partial charge in [-0.15, -0.1) is 35.3 Å². The third-order valence-corrected chi connectivity index (χ3v) is 6.10. The topological polar surface area (TPSA) is 52.6 Å². The van der Waals surface area contributed by atoms with Crippen LogP contribution in [0.5, 0.6) is 0 Å². The van der Waals surface area contributed by atoms with Gasteiger partial charge in [0.25, 0.3) is 0 Å². The number of hydrogen-bond acceptors (Lipinski definition) is 4. The number of aryl methyl sites for hydroxylation is 2. The van der Waals surface area contributed by atoms with E-state index in [2.05, 4.69) is 81.5 Å².